The van der Waals surface area contributed by atoms with E-state index in [1.165, 1.54) is 7.11 Å². The number of nitrogens with two attached hydrogens (primary N) is 1. The summed E-state index contributed by atoms with van der Waals surface area (Å²) in [4.78, 5) is 25.8. The lowest BCUT2D eigenvalue weighted by Crippen LogP contribution is -2.41. The molecule has 1 unspecified atom stereocenters. The number of methoxy groups -OCH3 is 1. The van der Waals surface area contributed by atoms with E-state index in [0.29, 0.717) is 30.9 Å². The number of carbonyl (C=O) groups excluding carboxylic acids is 2. The van der Waals surface area contributed by atoms with Gasteiger partial charge >= 0.3 is 5.97 Å². The van der Waals surface area contributed by atoms with Crippen LogP contribution in [-0.4, -0.2) is 41.0 Å². The van der Waals surface area contributed by atoms with Crippen molar-refractivity contribution in [2.45, 2.75) is 32.4 Å². The number of aryl methyl sites for hydroxylation is 1. The minimum atomic E-state index is -0.473. The molecule has 1 fully saturated rings. The summed E-state index contributed by atoms with van der Waals surface area (Å²) in [5, 5.41) is 0. The summed E-state index contributed by atoms with van der Waals surface area (Å²) < 4.78 is 6.54. The standard InChI is InChI=1S/C13H19N3O3/c1-3-15-8-9(14)7-11(15)12(17)16-6-4-5-10(16)13(18)19-2/h7-8,10H,3-6,14H2,1-2H3. The Hall–Kier alpha value is -1.98. The highest BCUT2D eigenvalue weighted by Crippen LogP contribution is 2.22. The smallest absolute Gasteiger partial charge is 0.328 e. The fraction of sp³-hybridized carbons (Fsp3) is 0.538. The predicted octanol–water partition coefficient (Wildman–Crippen LogP) is 0.868. The van der Waals surface area contributed by atoms with Crippen molar-refractivity contribution in [3.8, 4) is 0 Å². The molecule has 2 N–H and O–H groups in total. The third-order valence-corrected chi connectivity index (χ3v) is 3.46. The van der Waals surface area contributed by atoms with E-state index < -0.39 is 6.04 Å². The van der Waals surface area contributed by atoms with Crippen LogP contribution < -0.4 is 5.73 Å². The molecule has 1 aliphatic heterocycles. The Kier molecular flexibility index (Phi) is 3.78. The van der Waals surface area contributed by atoms with E-state index in [4.69, 9.17) is 10.5 Å². The molecular weight excluding hydrogens is 246 g/mol. The van der Waals surface area contributed by atoms with Crippen LogP contribution in [0.1, 0.15) is 30.3 Å². The molecule has 0 spiro atoms. The van der Waals surface area contributed by atoms with Crippen molar-refractivity contribution in [1.82, 2.24) is 9.47 Å². The summed E-state index contributed by atoms with van der Waals surface area (Å²) in [6, 6.07) is 1.18. The van der Waals surface area contributed by atoms with Crippen molar-refractivity contribution in [3.05, 3.63) is 18.0 Å². The number of hydrogen-bond acceptors (Lipinski definition) is 4. The molecule has 2 heterocycles. The summed E-state index contributed by atoms with van der Waals surface area (Å²) in [5.41, 5.74) is 6.81. The Bertz CT molecular complexity index is 495. The lowest BCUT2D eigenvalue weighted by atomic mass is 10.2. The number of nitrogen functional groups attached to an aromatic ring is 1. The average Bonchev–Trinajstić information content (AvgIpc) is 3.02. The van der Waals surface area contributed by atoms with Gasteiger partial charge in [-0.05, 0) is 25.8 Å². The molecule has 0 saturated carbocycles. The molecule has 0 aliphatic carbocycles. The van der Waals surface area contributed by atoms with Gasteiger partial charge in [-0.3, -0.25) is 4.79 Å². The van der Waals surface area contributed by atoms with Crippen molar-refractivity contribution in [3.63, 3.8) is 0 Å². The van der Waals surface area contributed by atoms with Crippen LogP contribution in [0.25, 0.3) is 0 Å². The summed E-state index contributed by atoms with van der Waals surface area (Å²) in [6.07, 6.45) is 3.20. The summed E-state index contributed by atoms with van der Waals surface area (Å²) in [6.45, 7) is 3.18. The molecule has 104 valence electrons. The van der Waals surface area contributed by atoms with Gasteiger partial charge in [0.05, 0.1) is 12.8 Å². The van der Waals surface area contributed by atoms with Crippen LogP contribution in [0.5, 0.6) is 0 Å². The van der Waals surface area contributed by atoms with E-state index in [9.17, 15) is 9.59 Å². The van der Waals surface area contributed by atoms with Gasteiger partial charge < -0.3 is 19.9 Å². The second kappa shape index (κ2) is 5.34. The van der Waals surface area contributed by atoms with Crippen molar-refractivity contribution in [2.75, 3.05) is 19.4 Å². The zero-order valence-corrected chi connectivity index (χ0v) is 11.3. The number of likely N-dealkylation sites (tertiary alicyclic amines) is 1. The highest BCUT2D eigenvalue weighted by molar-refractivity contribution is 5.96. The van der Waals surface area contributed by atoms with Gasteiger partial charge in [-0.25, -0.2) is 4.79 Å². The summed E-state index contributed by atoms with van der Waals surface area (Å²) >= 11 is 0. The number of hydrogen-bond donors (Lipinski definition) is 1. The first-order chi connectivity index (χ1) is 9.08. The van der Waals surface area contributed by atoms with Crippen molar-refractivity contribution in [1.29, 1.82) is 0 Å². The molecule has 6 nitrogen and oxygen atoms in total. The third kappa shape index (κ3) is 2.43. The van der Waals surface area contributed by atoms with Gasteiger partial charge in [0, 0.05) is 19.3 Å². The minimum Gasteiger partial charge on any atom is -0.467 e. The summed E-state index contributed by atoms with van der Waals surface area (Å²) in [7, 11) is 1.34. The molecule has 0 aromatic carbocycles. The van der Waals surface area contributed by atoms with Crippen molar-refractivity contribution < 1.29 is 14.3 Å². The molecule has 1 atom stereocenters. The average molecular weight is 265 g/mol. The molecule has 19 heavy (non-hydrogen) atoms. The van der Waals surface area contributed by atoms with Gasteiger partial charge in [-0.2, -0.15) is 0 Å². The van der Waals surface area contributed by atoms with E-state index in [0.717, 1.165) is 6.42 Å². The van der Waals surface area contributed by atoms with Crippen LogP contribution in [0.2, 0.25) is 0 Å². The first kappa shape index (κ1) is 13.5. The van der Waals surface area contributed by atoms with Gasteiger partial charge in [0.25, 0.3) is 5.91 Å². The number of amides is 1. The van der Waals surface area contributed by atoms with E-state index >= 15 is 0 Å². The number of rotatable bonds is 3. The van der Waals surface area contributed by atoms with Gasteiger partial charge in [0.2, 0.25) is 0 Å². The number of esters is 1. The zero-order chi connectivity index (χ0) is 14.0. The normalized spacial score (nSPS) is 18.6. The topological polar surface area (TPSA) is 77.6 Å². The monoisotopic (exact) mass is 265 g/mol. The Labute approximate surface area is 112 Å². The zero-order valence-electron chi connectivity index (χ0n) is 11.3. The van der Waals surface area contributed by atoms with Crippen LogP contribution in [0.4, 0.5) is 5.69 Å². The first-order valence-electron chi connectivity index (χ1n) is 6.43. The molecule has 1 aromatic heterocycles. The number of nitrogens with zero attached hydrogens (tertiary/aromatic N) is 2. The highest BCUT2D eigenvalue weighted by atomic mass is 16.5. The Morgan fingerprint density at radius 1 is 1.53 bits per heavy atom. The summed E-state index contributed by atoms with van der Waals surface area (Å²) in [5.74, 6) is -0.514. The van der Waals surface area contributed by atoms with E-state index in [1.807, 2.05) is 6.92 Å². The third-order valence-electron chi connectivity index (χ3n) is 3.46. The maximum absolute atomic E-state index is 12.5. The molecular formula is C13H19N3O3. The second-order valence-corrected chi connectivity index (χ2v) is 4.62. The Morgan fingerprint density at radius 3 is 2.89 bits per heavy atom. The van der Waals surface area contributed by atoms with Crippen molar-refractivity contribution in [2.24, 2.45) is 0 Å². The van der Waals surface area contributed by atoms with Crippen LogP contribution in [0.3, 0.4) is 0 Å². The quantitative estimate of drug-likeness (QED) is 0.822. The molecule has 1 aromatic rings. The lowest BCUT2D eigenvalue weighted by molar-refractivity contribution is -0.145. The molecule has 2 rings (SSSR count). The SMILES string of the molecule is CCn1cc(N)cc1C(=O)N1CCCC1C(=O)OC. The largest absolute Gasteiger partial charge is 0.467 e. The molecule has 1 saturated heterocycles. The van der Waals surface area contributed by atoms with Crippen LogP contribution in [0.15, 0.2) is 12.3 Å². The van der Waals surface area contributed by atoms with E-state index in [2.05, 4.69) is 0 Å². The second-order valence-electron chi connectivity index (χ2n) is 4.62. The van der Waals surface area contributed by atoms with Crippen molar-refractivity contribution >= 4 is 17.6 Å². The maximum atomic E-state index is 12.5. The van der Waals surface area contributed by atoms with Gasteiger partial charge in [0.15, 0.2) is 0 Å². The van der Waals surface area contributed by atoms with Crippen LogP contribution >= 0.6 is 0 Å². The van der Waals surface area contributed by atoms with Gasteiger partial charge in [0.1, 0.15) is 11.7 Å². The Morgan fingerprint density at radius 2 is 2.26 bits per heavy atom. The first-order valence-corrected chi connectivity index (χ1v) is 6.43. The number of anilines is 1. The fourth-order valence-corrected chi connectivity index (χ4v) is 2.51. The minimum absolute atomic E-state index is 0.161. The van der Waals surface area contributed by atoms with E-state index in [-0.39, 0.29) is 11.9 Å². The maximum Gasteiger partial charge on any atom is 0.328 e. The molecule has 1 amide bonds. The fourth-order valence-electron chi connectivity index (χ4n) is 2.51. The number of aromatic nitrogens is 1. The number of ether oxygens (including phenoxy) is 1. The van der Waals surface area contributed by atoms with Crippen LogP contribution in [-0.2, 0) is 16.1 Å². The van der Waals surface area contributed by atoms with Gasteiger partial charge in [-0.1, -0.05) is 0 Å². The molecule has 1 aliphatic rings. The number of carbonyl (C=O) groups is 2. The highest BCUT2D eigenvalue weighted by Gasteiger charge is 2.36. The van der Waals surface area contributed by atoms with Crippen LogP contribution in [0, 0.1) is 0 Å². The lowest BCUT2D eigenvalue weighted by Gasteiger charge is -2.23. The Balaban J connectivity index is 2.25. The van der Waals surface area contributed by atoms with E-state index in [1.54, 1.807) is 21.7 Å². The predicted molar refractivity (Wildman–Crippen MR) is 70.6 cm³/mol. The molecule has 6 heteroatoms. The molecule has 0 bridgehead atoms. The van der Waals surface area contributed by atoms with Gasteiger partial charge in [-0.15, -0.1) is 0 Å². The molecule has 0 radical (unpaired) electrons.